The minimum absolute atomic E-state index is 0.0183. The third-order valence-electron chi connectivity index (χ3n) is 3.35. The molecule has 106 valence electrons. The topological polar surface area (TPSA) is 86.0 Å². The van der Waals surface area contributed by atoms with E-state index in [0.717, 1.165) is 11.1 Å². The van der Waals surface area contributed by atoms with Gasteiger partial charge < -0.3 is 5.11 Å². The van der Waals surface area contributed by atoms with Crippen LogP contribution in [0.1, 0.15) is 42.3 Å². The van der Waals surface area contributed by atoms with Crippen molar-refractivity contribution in [3.63, 3.8) is 0 Å². The van der Waals surface area contributed by atoms with Crippen molar-refractivity contribution in [1.29, 1.82) is 0 Å². The molecule has 5 heteroatoms. The smallest absolute Gasteiger partial charge is 0.343 e. The van der Waals surface area contributed by atoms with E-state index in [2.05, 4.69) is 31.0 Å². The molecule has 0 atom stereocenters. The predicted molar refractivity (Wildman–Crippen MR) is 77.2 cm³/mol. The van der Waals surface area contributed by atoms with Gasteiger partial charge >= 0.3 is 5.97 Å². The summed E-state index contributed by atoms with van der Waals surface area (Å²) in [5.74, 6) is -1.23. The largest absolute Gasteiger partial charge is 0.477 e. The first-order chi connectivity index (χ1) is 9.21. The highest BCUT2D eigenvalue weighted by molar-refractivity contribution is 5.94. The Labute approximate surface area is 116 Å². The molecule has 0 saturated heterocycles. The number of benzene rings is 1. The normalized spacial score (nSPS) is 11.6. The highest BCUT2D eigenvalue weighted by atomic mass is 16.4. The number of aromatic amines is 2. The number of aryl methyl sites for hydroxylation is 1. The molecule has 0 aliphatic carbocycles. The number of carboxylic acid groups (broad SMARTS) is 1. The second-order valence-corrected chi connectivity index (χ2v) is 5.91. The second kappa shape index (κ2) is 4.67. The maximum Gasteiger partial charge on any atom is 0.343 e. The summed E-state index contributed by atoms with van der Waals surface area (Å²) in [6, 6.07) is 5.83. The fraction of sp³-hybridized carbons (Fsp3) is 0.333. The average molecular weight is 274 g/mol. The Balaban J connectivity index is 2.61. The lowest BCUT2D eigenvalue weighted by Crippen LogP contribution is -2.13. The van der Waals surface area contributed by atoms with Crippen molar-refractivity contribution in [2.45, 2.75) is 33.1 Å². The van der Waals surface area contributed by atoms with Crippen LogP contribution in [-0.2, 0) is 5.41 Å². The summed E-state index contributed by atoms with van der Waals surface area (Å²) in [6.45, 7) is 8.24. The van der Waals surface area contributed by atoms with E-state index < -0.39 is 11.5 Å². The molecule has 0 aliphatic rings. The van der Waals surface area contributed by atoms with Gasteiger partial charge in [0.25, 0.3) is 5.56 Å². The van der Waals surface area contributed by atoms with Crippen LogP contribution in [0.25, 0.3) is 11.3 Å². The van der Waals surface area contributed by atoms with Crippen molar-refractivity contribution in [1.82, 2.24) is 10.2 Å². The molecule has 0 fully saturated rings. The molecule has 3 N–H and O–H groups in total. The zero-order chi connectivity index (χ0) is 15.1. The lowest BCUT2D eigenvalue weighted by atomic mass is 9.85. The zero-order valence-electron chi connectivity index (χ0n) is 12.0. The van der Waals surface area contributed by atoms with Crippen LogP contribution in [0.5, 0.6) is 0 Å². The highest BCUT2D eigenvalue weighted by Gasteiger charge is 2.21. The summed E-state index contributed by atoms with van der Waals surface area (Å²) in [5.41, 5.74) is 2.27. The second-order valence-electron chi connectivity index (χ2n) is 5.91. The first-order valence-electron chi connectivity index (χ1n) is 6.37. The Morgan fingerprint density at radius 2 is 1.85 bits per heavy atom. The van der Waals surface area contributed by atoms with Gasteiger partial charge in [0, 0.05) is 5.56 Å². The Bertz CT molecular complexity index is 717. The quantitative estimate of drug-likeness (QED) is 0.787. The van der Waals surface area contributed by atoms with Gasteiger partial charge in [0.2, 0.25) is 0 Å². The van der Waals surface area contributed by atoms with Crippen LogP contribution in [0.3, 0.4) is 0 Å². The highest BCUT2D eigenvalue weighted by Crippen LogP contribution is 2.29. The monoisotopic (exact) mass is 274 g/mol. The standard InChI is InChI=1S/C15H18N2O3/c1-8-7-9(15(2,3)4)5-6-10(8)12-11(14(19)20)13(18)17-16-12/h5-7H,1-4H3,(H,19,20)(H2,16,17,18). The maximum absolute atomic E-state index is 11.5. The van der Waals surface area contributed by atoms with Crippen molar-refractivity contribution in [2.24, 2.45) is 0 Å². The molecule has 0 aliphatic heterocycles. The number of carboxylic acids is 1. The molecular formula is C15H18N2O3. The number of aromatic carboxylic acids is 1. The molecule has 0 spiro atoms. The average Bonchev–Trinajstić information content (AvgIpc) is 2.69. The van der Waals surface area contributed by atoms with Gasteiger partial charge in [-0.05, 0) is 23.5 Å². The van der Waals surface area contributed by atoms with Crippen molar-refractivity contribution in [2.75, 3.05) is 0 Å². The number of rotatable bonds is 2. The van der Waals surface area contributed by atoms with Crippen LogP contribution in [0.15, 0.2) is 23.0 Å². The summed E-state index contributed by atoms with van der Waals surface area (Å²) in [4.78, 5) is 22.7. The number of hydrogen-bond acceptors (Lipinski definition) is 2. The Hall–Kier alpha value is -2.30. The molecule has 2 rings (SSSR count). The van der Waals surface area contributed by atoms with Crippen LogP contribution in [0.4, 0.5) is 0 Å². The first-order valence-corrected chi connectivity index (χ1v) is 6.37. The fourth-order valence-electron chi connectivity index (χ4n) is 2.17. The van der Waals surface area contributed by atoms with Gasteiger partial charge in [-0.2, -0.15) is 0 Å². The van der Waals surface area contributed by atoms with Crippen molar-refractivity contribution < 1.29 is 9.90 Å². The number of aromatic nitrogens is 2. The predicted octanol–water partition coefficient (Wildman–Crippen LogP) is 2.67. The van der Waals surface area contributed by atoms with E-state index in [4.69, 9.17) is 5.11 Å². The van der Waals surface area contributed by atoms with Gasteiger partial charge in [-0.3, -0.25) is 15.0 Å². The Morgan fingerprint density at radius 3 is 2.35 bits per heavy atom. The number of carbonyl (C=O) groups is 1. The van der Waals surface area contributed by atoms with E-state index in [1.807, 2.05) is 25.1 Å². The molecule has 20 heavy (non-hydrogen) atoms. The van der Waals surface area contributed by atoms with Gasteiger partial charge in [-0.1, -0.05) is 39.0 Å². The molecule has 1 heterocycles. The summed E-state index contributed by atoms with van der Waals surface area (Å²) >= 11 is 0. The lowest BCUT2D eigenvalue weighted by Gasteiger charge is -2.20. The SMILES string of the molecule is Cc1cc(C(C)(C)C)ccc1-c1[nH][nH]c(=O)c1C(=O)O. The molecule has 1 aromatic heterocycles. The maximum atomic E-state index is 11.5. The molecule has 0 amide bonds. The molecule has 0 unspecified atom stereocenters. The first kappa shape index (κ1) is 14.1. The van der Waals surface area contributed by atoms with Gasteiger partial charge in [-0.25, -0.2) is 4.79 Å². The minimum Gasteiger partial charge on any atom is -0.477 e. The van der Waals surface area contributed by atoms with Gasteiger partial charge in [0.1, 0.15) is 0 Å². The van der Waals surface area contributed by atoms with E-state index in [9.17, 15) is 9.59 Å². The summed E-state index contributed by atoms with van der Waals surface area (Å²) < 4.78 is 0. The van der Waals surface area contributed by atoms with Crippen LogP contribution in [0, 0.1) is 6.92 Å². The number of hydrogen-bond donors (Lipinski definition) is 3. The molecule has 5 nitrogen and oxygen atoms in total. The summed E-state index contributed by atoms with van der Waals surface area (Å²) in [5, 5.41) is 14.1. The van der Waals surface area contributed by atoms with Crippen LogP contribution < -0.4 is 5.56 Å². The van der Waals surface area contributed by atoms with Crippen molar-refractivity contribution in [3.05, 3.63) is 45.2 Å². The molecule has 1 aromatic carbocycles. The van der Waals surface area contributed by atoms with E-state index in [0.29, 0.717) is 11.3 Å². The molecule has 0 saturated carbocycles. The van der Waals surface area contributed by atoms with E-state index in [1.54, 1.807) is 0 Å². The van der Waals surface area contributed by atoms with Crippen molar-refractivity contribution >= 4 is 5.97 Å². The van der Waals surface area contributed by atoms with Crippen LogP contribution in [-0.4, -0.2) is 21.3 Å². The molecule has 0 radical (unpaired) electrons. The zero-order valence-corrected chi connectivity index (χ0v) is 12.0. The Morgan fingerprint density at radius 1 is 1.20 bits per heavy atom. The van der Waals surface area contributed by atoms with E-state index in [1.165, 1.54) is 0 Å². The van der Waals surface area contributed by atoms with E-state index >= 15 is 0 Å². The number of H-pyrrole nitrogens is 2. The Kier molecular flexibility index (Phi) is 3.29. The molecule has 0 bridgehead atoms. The van der Waals surface area contributed by atoms with Gasteiger partial charge in [0.15, 0.2) is 5.56 Å². The van der Waals surface area contributed by atoms with Crippen molar-refractivity contribution in [3.8, 4) is 11.3 Å². The van der Waals surface area contributed by atoms with E-state index in [-0.39, 0.29) is 11.0 Å². The van der Waals surface area contributed by atoms with Gasteiger partial charge in [-0.15, -0.1) is 0 Å². The summed E-state index contributed by atoms with van der Waals surface area (Å²) in [7, 11) is 0. The third-order valence-corrected chi connectivity index (χ3v) is 3.35. The molecular weight excluding hydrogens is 256 g/mol. The van der Waals surface area contributed by atoms with Crippen LogP contribution >= 0.6 is 0 Å². The van der Waals surface area contributed by atoms with Crippen LogP contribution in [0.2, 0.25) is 0 Å². The van der Waals surface area contributed by atoms with Gasteiger partial charge in [0.05, 0.1) is 5.69 Å². The third kappa shape index (κ3) is 2.39. The molecule has 2 aromatic rings. The number of nitrogens with one attached hydrogen (secondary N) is 2. The fourth-order valence-corrected chi connectivity index (χ4v) is 2.17. The lowest BCUT2D eigenvalue weighted by molar-refractivity contribution is 0.0696. The minimum atomic E-state index is -1.23. The summed E-state index contributed by atoms with van der Waals surface area (Å²) in [6.07, 6.45) is 0.